The Morgan fingerprint density at radius 1 is 1.08 bits per heavy atom. The van der Waals surface area contributed by atoms with Crippen molar-refractivity contribution in [2.24, 2.45) is 0 Å². The summed E-state index contributed by atoms with van der Waals surface area (Å²) in [5, 5.41) is 1.92. The Labute approximate surface area is 152 Å². The first kappa shape index (κ1) is 16.4. The van der Waals surface area contributed by atoms with Crippen LogP contribution in [-0.2, 0) is 11.2 Å². The largest absolute Gasteiger partial charge is 0.457 e. The number of nitrogen functional groups attached to an aromatic ring is 1. The Hall–Kier alpha value is -3.08. The Kier molecular flexibility index (Phi) is 4.44. The zero-order chi connectivity index (χ0) is 17.9. The third-order valence-electron chi connectivity index (χ3n) is 4.72. The highest BCUT2D eigenvalue weighted by Gasteiger charge is 2.18. The molecule has 4 rings (SSSR count). The van der Waals surface area contributed by atoms with Gasteiger partial charge in [0.1, 0.15) is 11.5 Å². The predicted molar refractivity (Wildman–Crippen MR) is 102 cm³/mol. The molecule has 1 amide bonds. The number of hydrogen-bond donors (Lipinski definition) is 1. The molecule has 0 radical (unpaired) electrons. The summed E-state index contributed by atoms with van der Waals surface area (Å²) >= 11 is 0. The lowest BCUT2D eigenvalue weighted by atomic mass is 10.1. The topological polar surface area (TPSA) is 68.5 Å². The number of likely N-dealkylation sites (tertiary alicyclic amines) is 1. The van der Waals surface area contributed by atoms with Gasteiger partial charge in [0.05, 0.1) is 12.1 Å². The van der Waals surface area contributed by atoms with Crippen LogP contribution in [0.5, 0.6) is 11.5 Å². The van der Waals surface area contributed by atoms with Gasteiger partial charge in [-0.1, -0.05) is 24.3 Å². The van der Waals surface area contributed by atoms with E-state index in [9.17, 15) is 4.79 Å². The molecular weight excluding hydrogens is 326 g/mol. The summed E-state index contributed by atoms with van der Waals surface area (Å²) in [6.45, 7) is 1.71. The fourth-order valence-electron chi connectivity index (χ4n) is 3.36. The van der Waals surface area contributed by atoms with Crippen LogP contribution in [0.1, 0.15) is 18.5 Å². The van der Waals surface area contributed by atoms with Crippen molar-refractivity contribution in [3.05, 3.63) is 60.4 Å². The summed E-state index contributed by atoms with van der Waals surface area (Å²) in [5.41, 5.74) is 7.49. The molecule has 2 heterocycles. The summed E-state index contributed by atoms with van der Waals surface area (Å²) in [5.74, 6) is 1.53. The van der Waals surface area contributed by atoms with Gasteiger partial charge in [0.25, 0.3) is 0 Å². The van der Waals surface area contributed by atoms with Crippen molar-refractivity contribution in [1.29, 1.82) is 0 Å². The van der Waals surface area contributed by atoms with Gasteiger partial charge in [0.2, 0.25) is 5.91 Å². The number of nitrogens with two attached hydrogens (primary N) is 1. The second kappa shape index (κ2) is 7.04. The second-order valence-corrected chi connectivity index (χ2v) is 6.55. The summed E-state index contributed by atoms with van der Waals surface area (Å²) in [6, 6.07) is 15.2. The molecule has 26 heavy (non-hydrogen) atoms. The smallest absolute Gasteiger partial charge is 0.228 e. The lowest BCUT2D eigenvalue weighted by molar-refractivity contribution is -0.129. The van der Waals surface area contributed by atoms with Gasteiger partial charge in [-0.2, -0.15) is 0 Å². The quantitative estimate of drug-likeness (QED) is 0.730. The number of ether oxygens (including phenoxy) is 1. The molecule has 1 aliphatic rings. The molecule has 0 saturated carbocycles. The lowest BCUT2D eigenvalue weighted by Gasteiger charge is -2.15. The Bertz CT molecular complexity index is 949. The van der Waals surface area contributed by atoms with Crippen molar-refractivity contribution in [2.75, 3.05) is 18.8 Å². The Balaban J connectivity index is 1.56. The average molecular weight is 347 g/mol. The van der Waals surface area contributed by atoms with Crippen molar-refractivity contribution >= 4 is 22.4 Å². The molecule has 1 aromatic heterocycles. The minimum absolute atomic E-state index is 0.130. The van der Waals surface area contributed by atoms with E-state index in [-0.39, 0.29) is 5.91 Å². The fourth-order valence-corrected chi connectivity index (χ4v) is 3.36. The van der Waals surface area contributed by atoms with E-state index in [1.54, 1.807) is 12.3 Å². The highest BCUT2D eigenvalue weighted by molar-refractivity contribution is 5.97. The Morgan fingerprint density at radius 3 is 2.65 bits per heavy atom. The lowest BCUT2D eigenvalue weighted by Crippen LogP contribution is -2.29. The summed E-state index contributed by atoms with van der Waals surface area (Å²) in [7, 11) is 0. The number of carbonyl (C=O) groups excluding carboxylic acids is 1. The van der Waals surface area contributed by atoms with Crippen LogP contribution in [0.25, 0.3) is 10.8 Å². The van der Waals surface area contributed by atoms with Gasteiger partial charge in [-0.05, 0) is 31.0 Å². The molecule has 1 fully saturated rings. The van der Waals surface area contributed by atoms with Crippen LogP contribution in [0.3, 0.4) is 0 Å². The summed E-state index contributed by atoms with van der Waals surface area (Å²) in [4.78, 5) is 18.6. The molecule has 3 aromatic rings. The zero-order valence-electron chi connectivity index (χ0n) is 14.5. The van der Waals surface area contributed by atoms with E-state index >= 15 is 0 Å². The number of pyridine rings is 1. The molecule has 0 bridgehead atoms. The molecular formula is C21H21N3O2. The van der Waals surface area contributed by atoms with Gasteiger partial charge < -0.3 is 15.4 Å². The third kappa shape index (κ3) is 3.33. The van der Waals surface area contributed by atoms with Gasteiger partial charge >= 0.3 is 0 Å². The van der Waals surface area contributed by atoms with E-state index in [4.69, 9.17) is 10.5 Å². The number of anilines is 1. The van der Waals surface area contributed by atoms with E-state index in [1.165, 1.54) is 0 Å². The number of benzene rings is 2. The minimum atomic E-state index is 0.130. The molecule has 0 unspecified atom stereocenters. The molecule has 0 aliphatic carbocycles. The standard InChI is InChI=1S/C21H21N3O2/c22-19-7-8-20(18-6-2-1-5-17(18)19)26-16-9-10-23-15(13-16)14-21(25)24-11-3-4-12-24/h1-2,5-10,13H,3-4,11-12,14,22H2. The van der Waals surface area contributed by atoms with Crippen molar-refractivity contribution in [2.45, 2.75) is 19.3 Å². The molecule has 1 aliphatic heterocycles. The summed E-state index contributed by atoms with van der Waals surface area (Å²) < 4.78 is 6.07. The molecule has 1 saturated heterocycles. The van der Waals surface area contributed by atoms with Crippen LogP contribution in [0.2, 0.25) is 0 Å². The molecule has 0 atom stereocenters. The van der Waals surface area contributed by atoms with Gasteiger partial charge in [-0.15, -0.1) is 0 Å². The van der Waals surface area contributed by atoms with Crippen LogP contribution < -0.4 is 10.5 Å². The van der Waals surface area contributed by atoms with Crippen LogP contribution in [-0.4, -0.2) is 28.9 Å². The number of carbonyl (C=O) groups is 1. The second-order valence-electron chi connectivity index (χ2n) is 6.55. The third-order valence-corrected chi connectivity index (χ3v) is 4.72. The molecule has 2 N–H and O–H groups in total. The van der Waals surface area contributed by atoms with Crippen LogP contribution in [0.15, 0.2) is 54.7 Å². The highest BCUT2D eigenvalue weighted by atomic mass is 16.5. The Morgan fingerprint density at radius 2 is 1.85 bits per heavy atom. The van der Waals surface area contributed by atoms with E-state index in [2.05, 4.69) is 4.98 Å². The van der Waals surface area contributed by atoms with Gasteiger partial charge in [-0.3, -0.25) is 9.78 Å². The average Bonchev–Trinajstić information content (AvgIpc) is 3.20. The van der Waals surface area contributed by atoms with E-state index in [1.807, 2.05) is 47.4 Å². The maximum Gasteiger partial charge on any atom is 0.228 e. The monoisotopic (exact) mass is 347 g/mol. The molecule has 5 nitrogen and oxygen atoms in total. The van der Waals surface area contributed by atoms with Crippen molar-refractivity contribution in [1.82, 2.24) is 9.88 Å². The molecule has 132 valence electrons. The number of hydrogen-bond acceptors (Lipinski definition) is 4. The van der Waals surface area contributed by atoms with Gasteiger partial charge in [0, 0.05) is 41.8 Å². The normalized spacial score (nSPS) is 13.9. The van der Waals surface area contributed by atoms with E-state index in [0.29, 0.717) is 12.2 Å². The van der Waals surface area contributed by atoms with Gasteiger partial charge in [-0.25, -0.2) is 0 Å². The first-order valence-electron chi connectivity index (χ1n) is 8.88. The summed E-state index contributed by atoms with van der Waals surface area (Å²) in [6.07, 6.45) is 4.17. The van der Waals surface area contributed by atoms with E-state index < -0.39 is 0 Å². The SMILES string of the molecule is Nc1ccc(Oc2ccnc(CC(=O)N3CCCC3)c2)c2ccccc12. The fraction of sp³-hybridized carbons (Fsp3) is 0.238. The first-order chi connectivity index (χ1) is 12.7. The predicted octanol–water partition coefficient (Wildman–Crippen LogP) is 3.77. The maximum absolute atomic E-state index is 12.3. The number of fused-ring (bicyclic) bond motifs is 1. The van der Waals surface area contributed by atoms with Crippen LogP contribution in [0, 0.1) is 0 Å². The van der Waals surface area contributed by atoms with E-state index in [0.717, 1.165) is 53.8 Å². The number of aromatic nitrogens is 1. The van der Waals surface area contributed by atoms with Crippen molar-refractivity contribution in [3.8, 4) is 11.5 Å². The van der Waals surface area contributed by atoms with Crippen molar-refractivity contribution < 1.29 is 9.53 Å². The zero-order valence-corrected chi connectivity index (χ0v) is 14.5. The number of rotatable bonds is 4. The van der Waals surface area contributed by atoms with Crippen LogP contribution in [0.4, 0.5) is 5.69 Å². The van der Waals surface area contributed by atoms with Gasteiger partial charge in [0.15, 0.2) is 0 Å². The number of amides is 1. The minimum Gasteiger partial charge on any atom is -0.457 e. The molecule has 2 aromatic carbocycles. The van der Waals surface area contributed by atoms with Crippen LogP contribution >= 0.6 is 0 Å². The highest BCUT2D eigenvalue weighted by Crippen LogP contribution is 2.33. The maximum atomic E-state index is 12.3. The number of nitrogens with zero attached hydrogens (tertiary/aromatic N) is 2. The first-order valence-corrected chi connectivity index (χ1v) is 8.88. The molecule has 0 spiro atoms. The molecule has 5 heteroatoms. The van der Waals surface area contributed by atoms with Crippen molar-refractivity contribution in [3.63, 3.8) is 0 Å².